The Morgan fingerprint density at radius 1 is 0.943 bits per heavy atom. The van der Waals surface area contributed by atoms with E-state index >= 15 is 0 Å². The Hall–Kier alpha value is -3.83. The van der Waals surface area contributed by atoms with Crippen molar-refractivity contribution in [3.8, 4) is 5.75 Å². The minimum atomic E-state index is -0.314. The van der Waals surface area contributed by atoms with E-state index in [0.29, 0.717) is 11.6 Å². The Bertz CT molecular complexity index is 1400. The van der Waals surface area contributed by atoms with Gasteiger partial charge in [0.1, 0.15) is 12.4 Å². The first-order valence-electron chi connectivity index (χ1n) is 11.7. The molecule has 0 spiro atoms. The van der Waals surface area contributed by atoms with Gasteiger partial charge in [0.15, 0.2) is 0 Å². The second kappa shape index (κ2) is 8.75. The van der Waals surface area contributed by atoms with Gasteiger partial charge in [-0.25, -0.2) is 0 Å². The van der Waals surface area contributed by atoms with Crippen molar-refractivity contribution < 1.29 is 9.66 Å². The van der Waals surface area contributed by atoms with Gasteiger partial charge < -0.3 is 10.1 Å². The summed E-state index contributed by atoms with van der Waals surface area (Å²) in [4.78, 5) is 11.2. The molecule has 35 heavy (non-hydrogen) atoms. The molecule has 174 valence electrons. The van der Waals surface area contributed by atoms with E-state index in [0.717, 1.165) is 29.0 Å². The minimum absolute atomic E-state index is 0.0895. The average molecular weight is 483 g/mol. The lowest BCUT2D eigenvalue weighted by Gasteiger charge is -2.38. The molecule has 6 rings (SSSR count). The highest BCUT2D eigenvalue weighted by Gasteiger charge is 2.43. The largest absolute Gasteiger partial charge is 0.489 e. The first kappa shape index (κ1) is 21.7. The van der Waals surface area contributed by atoms with Crippen molar-refractivity contribution in [2.75, 3.05) is 5.32 Å². The van der Waals surface area contributed by atoms with Crippen LogP contribution in [0.2, 0.25) is 5.02 Å². The molecule has 1 heterocycles. The molecule has 0 radical (unpaired) electrons. The van der Waals surface area contributed by atoms with Gasteiger partial charge in [0, 0.05) is 28.8 Å². The number of non-ortho nitro benzene ring substituents is 1. The molecule has 0 aromatic heterocycles. The van der Waals surface area contributed by atoms with Crippen LogP contribution in [0.15, 0.2) is 91.0 Å². The molecule has 1 aliphatic heterocycles. The molecule has 0 saturated carbocycles. The van der Waals surface area contributed by atoms with Crippen LogP contribution in [0.1, 0.15) is 39.8 Å². The zero-order chi connectivity index (χ0) is 23.9. The number of nitro benzene ring substituents is 1. The lowest BCUT2D eigenvalue weighted by molar-refractivity contribution is -0.384. The van der Waals surface area contributed by atoms with Crippen molar-refractivity contribution in [1.29, 1.82) is 0 Å². The zero-order valence-corrected chi connectivity index (χ0v) is 19.6. The quantitative estimate of drug-likeness (QED) is 0.239. The number of hydrogen-bond donors (Lipinski definition) is 1. The second-order valence-electron chi connectivity index (χ2n) is 9.18. The van der Waals surface area contributed by atoms with E-state index in [2.05, 4.69) is 41.7 Å². The van der Waals surface area contributed by atoms with Gasteiger partial charge in [0.25, 0.3) is 5.69 Å². The van der Waals surface area contributed by atoms with Crippen LogP contribution in [0.25, 0.3) is 0 Å². The number of fused-ring (bicyclic) bond motifs is 5. The lowest BCUT2D eigenvalue weighted by Crippen LogP contribution is -2.30. The van der Waals surface area contributed by atoms with Gasteiger partial charge >= 0.3 is 0 Å². The van der Waals surface area contributed by atoms with Gasteiger partial charge in [-0.1, -0.05) is 60.1 Å². The van der Waals surface area contributed by atoms with Gasteiger partial charge in [0.2, 0.25) is 0 Å². The summed E-state index contributed by atoms with van der Waals surface area (Å²) in [7, 11) is 0. The Kier molecular flexibility index (Phi) is 5.42. The summed E-state index contributed by atoms with van der Waals surface area (Å²) in [5.41, 5.74) is 6.93. The highest BCUT2D eigenvalue weighted by molar-refractivity contribution is 6.30. The molecule has 0 bridgehead atoms. The average Bonchev–Trinajstić information content (AvgIpc) is 3.28. The maximum Gasteiger partial charge on any atom is 0.269 e. The highest BCUT2D eigenvalue weighted by Crippen LogP contribution is 2.54. The molecule has 0 amide bonds. The van der Waals surface area contributed by atoms with E-state index in [1.54, 1.807) is 12.1 Å². The number of rotatable bonds is 5. The van der Waals surface area contributed by atoms with Crippen molar-refractivity contribution >= 4 is 23.0 Å². The third kappa shape index (κ3) is 4.02. The number of nitro groups is 1. The van der Waals surface area contributed by atoms with Crippen molar-refractivity contribution in [3.63, 3.8) is 0 Å². The number of nitrogens with one attached hydrogen (secondary N) is 1. The van der Waals surface area contributed by atoms with Crippen LogP contribution in [0.3, 0.4) is 0 Å². The normalized spacial score (nSPS) is 19.7. The van der Waals surface area contributed by atoms with Crippen LogP contribution < -0.4 is 10.1 Å². The number of halogens is 1. The molecule has 5 nitrogen and oxygen atoms in total. The third-order valence-electron chi connectivity index (χ3n) is 7.15. The standard InChI is InChI=1S/C29H23ClN2O3/c30-21-9-5-18(6-10-21)17-35-23-12-7-19(8-13-23)29-26-15-20-3-1-2-4-24(20)28(26)25-16-22(32(33)34)11-14-27(25)31-29/h1-14,16,26,28-29,31H,15,17H2/t26-,28-,29+/m0/s1. The van der Waals surface area contributed by atoms with Crippen LogP contribution in [0, 0.1) is 16.0 Å². The van der Waals surface area contributed by atoms with Gasteiger partial charge in [-0.15, -0.1) is 0 Å². The summed E-state index contributed by atoms with van der Waals surface area (Å²) in [6.07, 6.45) is 0.926. The fourth-order valence-corrected chi connectivity index (χ4v) is 5.64. The maximum atomic E-state index is 11.5. The smallest absolute Gasteiger partial charge is 0.269 e. The van der Waals surface area contributed by atoms with Crippen LogP contribution in [0.4, 0.5) is 11.4 Å². The van der Waals surface area contributed by atoms with Crippen LogP contribution in [0.5, 0.6) is 5.75 Å². The Labute approximate surface area is 208 Å². The van der Waals surface area contributed by atoms with E-state index in [9.17, 15) is 10.1 Å². The molecular formula is C29H23ClN2O3. The number of benzene rings is 4. The van der Waals surface area contributed by atoms with E-state index in [1.165, 1.54) is 16.7 Å². The molecule has 2 aliphatic rings. The van der Waals surface area contributed by atoms with E-state index in [4.69, 9.17) is 16.3 Å². The summed E-state index contributed by atoms with van der Waals surface area (Å²) in [5, 5.41) is 15.9. The fraction of sp³-hybridized carbons (Fsp3) is 0.172. The summed E-state index contributed by atoms with van der Waals surface area (Å²) in [6.45, 7) is 0.477. The predicted octanol–water partition coefficient (Wildman–Crippen LogP) is 7.30. The summed E-state index contributed by atoms with van der Waals surface area (Å²) in [5.74, 6) is 1.19. The number of anilines is 1. The van der Waals surface area contributed by atoms with Crippen molar-refractivity contribution in [1.82, 2.24) is 0 Å². The SMILES string of the molecule is O=[N+]([O-])c1ccc2c(c1)[C@@H]1c3ccccc3C[C@@H]1[C@@H](c1ccc(OCc3ccc(Cl)cc3)cc1)N2. The number of hydrogen-bond acceptors (Lipinski definition) is 4. The van der Waals surface area contributed by atoms with Gasteiger partial charge in [-0.05, 0) is 70.5 Å². The molecule has 0 unspecified atom stereocenters. The predicted molar refractivity (Wildman–Crippen MR) is 137 cm³/mol. The fourth-order valence-electron chi connectivity index (χ4n) is 5.51. The van der Waals surface area contributed by atoms with Gasteiger partial charge in [0.05, 0.1) is 11.0 Å². The van der Waals surface area contributed by atoms with Crippen molar-refractivity contribution in [2.45, 2.75) is 25.0 Å². The topological polar surface area (TPSA) is 64.4 Å². The van der Waals surface area contributed by atoms with Crippen molar-refractivity contribution in [3.05, 3.63) is 134 Å². The van der Waals surface area contributed by atoms with Gasteiger partial charge in [-0.3, -0.25) is 10.1 Å². The number of ether oxygens (including phenoxy) is 1. The van der Waals surface area contributed by atoms with E-state index < -0.39 is 0 Å². The van der Waals surface area contributed by atoms with Crippen LogP contribution in [-0.4, -0.2) is 4.92 Å². The molecule has 0 saturated heterocycles. The Morgan fingerprint density at radius 2 is 1.71 bits per heavy atom. The van der Waals surface area contributed by atoms with Crippen LogP contribution in [-0.2, 0) is 13.0 Å². The minimum Gasteiger partial charge on any atom is -0.489 e. The summed E-state index contributed by atoms with van der Waals surface area (Å²) >= 11 is 5.96. The van der Waals surface area contributed by atoms with Crippen LogP contribution >= 0.6 is 11.6 Å². The molecule has 3 atom stereocenters. The lowest BCUT2D eigenvalue weighted by atomic mass is 9.75. The Balaban J connectivity index is 1.29. The number of nitrogens with zero attached hydrogens (tertiary/aromatic N) is 1. The molecule has 6 heteroatoms. The molecular weight excluding hydrogens is 460 g/mol. The monoisotopic (exact) mass is 482 g/mol. The van der Waals surface area contributed by atoms with E-state index in [-0.39, 0.29) is 28.5 Å². The third-order valence-corrected chi connectivity index (χ3v) is 7.40. The van der Waals surface area contributed by atoms with Crippen molar-refractivity contribution in [2.24, 2.45) is 5.92 Å². The first-order valence-corrected chi connectivity index (χ1v) is 12.0. The Morgan fingerprint density at radius 3 is 2.49 bits per heavy atom. The first-order chi connectivity index (χ1) is 17.1. The van der Waals surface area contributed by atoms with E-state index in [1.807, 2.05) is 42.5 Å². The van der Waals surface area contributed by atoms with Gasteiger partial charge in [-0.2, -0.15) is 0 Å². The maximum absolute atomic E-state index is 11.5. The summed E-state index contributed by atoms with van der Waals surface area (Å²) < 4.78 is 5.98. The molecule has 4 aromatic rings. The molecule has 1 aliphatic carbocycles. The molecule has 0 fully saturated rings. The molecule has 4 aromatic carbocycles. The highest BCUT2D eigenvalue weighted by atomic mass is 35.5. The summed E-state index contributed by atoms with van der Waals surface area (Å²) in [6, 6.07) is 29.6. The molecule has 1 N–H and O–H groups in total. The second-order valence-corrected chi connectivity index (χ2v) is 9.62. The zero-order valence-electron chi connectivity index (χ0n) is 18.9.